The van der Waals surface area contributed by atoms with Gasteiger partial charge in [0.25, 0.3) is 5.91 Å². The van der Waals surface area contributed by atoms with Crippen molar-refractivity contribution >= 4 is 11.6 Å². The predicted molar refractivity (Wildman–Crippen MR) is 83.1 cm³/mol. The highest BCUT2D eigenvalue weighted by molar-refractivity contribution is 6.08. The number of nitrogens with zero attached hydrogens (tertiary/aromatic N) is 5. The number of hydrogen-bond acceptors (Lipinski definition) is 4. The zero-order valence-electron chi connectivity index (χ0n) is 12.3. The predicted octanol–water partition coefficient (Wildman–Crippen LogP) is 2.25. The van der Waals surface area contributed by atoms with E-state index in [-0.39, 0.29) is 5.91 Å². The van der Waals surface area contributed by atoms with Crippen molar-refractivity contribution in [2.45, 2.75) is 6.92 Å². The van der Waals surface area contributed by atoms with Crippen LogP contribution in [0.4, 0.5) is 5.69 Å². The van der Waals surface area contributed by atoms with Gasteiger partial charge >= 0.3 is 0 Å². The van der Waals surface area contributed by atoms with Crippen LogP contribution in [0.2, 0.25) is 0 Å². The summed E-state index contributed by atoms with van der Waals surface area (Å²) in [5, 5.41) is 11.1. The van der Waals surface area contributed by atoms with Crippen molar-refractivity contribution in [2.75, 3.05) is 11.9 Å². The van der Waals surface area contributed by atoms with E-state index in [4.69, 9.17) is 0 Å². The number of anilines is 1. The smallest absolute Gasteiger partial charge is 0.260 e. The average molecular weight is 293 g/mol. The molecule has 1 aromatic heterocycles. The third kappa shape index (κ3) is 2.58. The molecular formula is C16H15N5O. The number of aryl methyl sites for hydroxylation is 1. The molecule has 0 bridgehead atoms. The van der Waals surface area contributed by atoms with Crippen LogP contribution in [0.5, 0.6) is 0 Å². The van der Waals surface area contributed by atoms with Crippen LogP contribution in [0.15, 0.2) is 54.9 Å². The molecule has 3 aromatic rings. The van der Waals surface area contributed by atoms with E-state index < -0.39 is 0 Å². The highest BCUT2D eigenvalue weighted by Crippen LogP contribution is 2.20. The van der Waals surface area contributed by atoms with E-state index in [1.165, 1.54) is 11.0 Å². The minimum atomic E-state index is -0.114. The molecule has 0 fully saturated rings. The van der Waals surface area contributed by atoms with Gasteiger partial charge in [-0.2, -0.15) is 4.68 Å². The maximum atomic E-state index is 12.8. The quantitative estimate of drug-likeness (QED) is 0.743. The Morgan fingerprint density at radius 2 is 1.95 bits per heavy atom. The van der Waals surface area contributed by atoms with E-state index in [1.54, 1.807) is 18.0 Å². The lowest BCUT2D eigenvalue weighted by Gasteiger charge is -2.19. The zero-order valence-corrected chi connectivity index (χ0v) is 12.3. The first-order valence-corrected chi connectivity index (χ1v) is 6.84. The number of carbonyl (C=O) groups is 1. The molecule has 0 saturated carbocycles. The van der Waals surface area contributed by atoms with Crippen LogP contribution in [0.3, 0.4) is 0 Å². The minimum absolute atomic E-state index is 0.114. The van der Waals surface area contributed by atoms with Gasteiger partial charge < -0.3 is 4.90 Å². The molecule has 6 nitrogen and oxygen atoms in total. The molecule has 0 saturated heterocycles. The minimum Gasteiger partial charge on any atom is -0.311 e. The Morgan fingerprint density at radius 1 is 1.14 bits per heavy atom. The van der Waals surface area contributed by atoms with E-state index in [0.717, 1.165) is 11.3 Å². The lowest BCUT2D eigenvalue weighted by Crippen LogP contribution is -2.27. The number of benzene rings is 2. The lowest BCUT2D eigenvalue weighted by atomic mass is 10.1. The third-order valence-corrected chi connectivity index (χ3v) is 3.42. The van der Waals surface area contributed by atoms with E-state index >= 15 is 0 Å². The van der Waals surface area contributed by atoms with Gasteiger partial charge in [-0.1, -0.05) is 24.3 Å². The molecule has 0 radical (unpaired) electrons. The van der Waals surface area contributed by atoms with Crippen LogP contribution >= 0.6 is 0 Å². The average Bonchev–Trinajstić information content (AvgIpc) is 3.08. The van der Waals surface area contributed by atoms with Gasteiger partial charge in [0.05, 0.1) is 11.3 Å². The maximum Gasteiger partial charge on any atom is 0.260 e. The number of hydrogen-bond donors (Lipinski definition) is 0. The van der Waals surface area contributed by atoms with Crippen LogP contribution in [-0.4, -0.2) is 33.2 Å². The summed E-state index contributed by atoms with van der Waals surface area (Å²) in [5.74, 6) is -0.114. The Bertz CT molecular complexity index is 798. The monoisotopic (exact) mass is 293 g/mol. The molecule has 6 heteroatoms. The molecule has 0 aliphatic rings. The van der Waals surface area contributed by atoms with Crippen molar-refractivity contribution < 1.29 is 4.79 Å². The van der Waals surface area contributed by atoms with E-state index in [0.29, 0.717) is 11.3 Å². The van der Waals surface area contributed by atoms with Crippen molar-refractivity contribution in [1.29, 1.82) is 0 Å². The van der Waals surface area contributed by atoms with Crippen LogP contribution < -0.4 is 4.90 Å². The summed E-state index contributed by atoms with van der Waals surface area (Å²) in [6.07, 6.45) is 1.47. The fourth-order valence-corrected chi connectivity index (χ4v) is 2.26. The van der Waals surface area contributed by atoms with Crippen LogP contribution in [0.1, 0.15) is 15.9 Å². The molecule has 0 N–H and O–H groups in total. The summed E-state index contributed by atoms with van der Waals surface area (Å²) in [7, 11) is 1.76. The standard InChI is InChI=1S/C16H15N5O/c1-12-6-5-7-13(10-12)20(2)16(22)14-8-3-4-9-15(14)21-11-17-18-19-21/h3-11H,1-2H3. The van der Waals surface area contributed by atoms with Crippen molar-refractivity contribution in [3.63, 3.8) is 0 Å². The highest BCUT2D eigenvalue weighted by Gasteiger charge is 2.18. The first-order chi connectivity index (χ1) is 10.7. The van der Waals surface area contributed by atoms with E-state index in [1.807, 2.05) is 49.4 Å². The van der Waals surface area contributed by atoms with E-state index in [2.05, 4.69) is 15.5 Å². The normalized spacial score (nSPS) is 10.5. The summed E-state index contributed by atoms with van der Waals surface area (Å²) < 4.78 is 1.48. The third-order valence-electron chi connectivity index (χ3n) is 3.42. The number of tetrazole rings is 1. The topological polar surface area (TPSA) is 63.9 Å². The van der Waals surface area contributed by atoms with Crippen LogP contribution in [0.25, 0.3) is 5.69 Å². The first-order valence-electron chi connectivity index (χ1n) is 6.84. The van der Waals surface area contributed by atoms with E-state index in [9.17, 15) is 4.79 Å². The first kappa shape index (κ1) is 13.9. The molecule has 1 amide bonds. The molecule has 1 heterocycles. The van der Waals surface area contributed by atoms with Crippen molar-refractivity contribution in [3.05, 3.63) is 66.0 Å². The molecular weight excluding hydrogens is 278 g/mol. The van der Waals surface area contributed by atoms with Gasteiger partial charge in [-0.05, 0) is 47.2 Å². The summed E-state index contributed by atoms with van der Waals surface area (Å²) >= 11 is 0. The molecule has 0 aliphatic carbocycles. The van der Waals surface area contributed by atoms with Gasteiger partial charge in [0, 0.05) is 12.7 Å². The lowest BCUT2D eigenvalue weighted by molar-refractivity contribution is 0.0993. The largest absolute Gasteiger partial charge is 0.311 e. The second kappa shape index (κ2) is 5.77. The number of aromatic nitrogens is 4. The molecule has 0 spiro atoms. The highest BCUT2D eigenvalue weighted by atomic mass is 16.2. The second-order valence-corrected chi connectivity index (χ2v) is 4.97. The number of rotatable bonds is 3. The van der Waals surface area contributed by atoms with Gasteiger partial charge in [-0.25, -0.2) is 0 Å². The van der Waals surface area contributed by atoms with Gasteiger partial charge in [-0.3, -0.25) is 4.79 Å². The summed E-state index contributed by atoms with van der Waals surface area (Å²) in [4.78, 5) is 14.4. The Labute approximate surface area is 128 Å². The van der Waals surface area contributed by atoms with Gasteiger partial charge in [0.2, 0.25) is 0 Å². The molecule has 110 valence electrons. The fraction of sp³-hybridized carbons (Fsp3) is 0.125. The number of amides is 1. The maximum absolute atomic E-state index is 12.8. The summed E-state index contributed by atoms with van der Waals surface area (Å²) in [5.41, 5.74) is 3.14. The van der Waals surface area contributed by atoms with Gasteiger partial charge in [0.1, 0.15) is 6.33 Å². The Balaban J connectivity index is 1.99. The molecule has 0 aliphatic heterocycles. The van der Waals surface area contributed by atoms with Crippen LogP contribution in [0, 0.1) is 6.92 Å². The van der Waals surface area contributed by atoms with Crippen molar-refractivity contribution in [3.8, 4) is 5.69 Å². The molecule has 22 heavy (non-hydrogen) atoms. The molecule has 2 aromatic carbocycles. The molecule has 0 unspecified atom stereocenters. The molecule has 3 rings (SSSR count). The van der Waals surface area contributed by atoms with Crippen molar-refractivity contribution in [2.24, 2.45) is 0 Å². The summed E-state index contributed by atoms with van der Waals surface area (Å²) in [6.45, 7) is 2.00. The SMILES string of the molecule is Cc1cccc(N(C)C(=O)c2ccccc2-n2cnnn2)c1. The summed E-state index contributed by atoms with van der Waals surface area (Å²) in [6, 6.07) is 15.1. The Kier molecular flexibility index (Phi) is 3.65. The molecule has 0 atom stereocenters. The Hall–Kier alpha value is -3.02. The van der Waals surface area contributed by atoms with Crippen LogP contribution in [-0.2, 0) is 0 Å². The van der Waals surface area contributed by atoms with Gasteiger partial charge in [-0.15, -0.1) is 5.10 Å². The number of carbonyl (C=O) groups excluding carboxylic acids is 1. The van der Waals surface area contributed by atoms with Crippen molar-refractivity contribution in [1.82, 2.24) is 20.2 Å². The Morgan fingerprint density at radius 3 is 2.68 bits per heavy atom. The number of para-hydroxylation sites is 1. The van der Waals surface area contributed by atoms with Gasteiger partial charge in [0.15, 0.2) is 0 Å². The fourth-order valence-electron chi connectivity index (χ4n) is 2.26. The zero-order chi connectivity index (χ0) is 15.5. The second-order valence-electron chi connectivity index (χ2n) is 4.97.